The van der Waals surface area contributed by atoms with E-state index in [2.05, 4.69) is 35.9 Å². The third-order valence-corrected chi connectivity index (χ3v) is 2.46. The number of fused-ring (bicyclic) bond motifs is 1. The highest BCUT2D eigenvalue weighted by Crippen LogP contribution is 2.19. The number of aryl methyl sites for hydroxylation is 1. The van der Waals surface area contributed by atoms with Crippen LogP contribution in [0.3, 0.4) is 0 Å². The van der Waals surface area contributed by atoms with Gasteiger partial charge in [-0.2, -0.15) is 0 Å². The summed E-state index contributed by atoms with van der Waals surface area (Å²) in [5, 5.41) is 3.43. The molecule has 2 nitrogen and oxygen atoms in total. The molecule has 1 aliphatic rings. The zero-order valence-corrected chi connectivity index (χ0v) is 8.32. The van der Waals surface area contributed by atoms with Gasteiger partial charge in [-0.1, -0.05) is 0 Å². The van der Waals surface area contributed by atoms with Gasteiger partial charge in [0.25, 0.3) is 0 Å². The number of hydrogen-bond acceptors (Lipinski definition) is 1. The maximum atomic E-state index is 3.43. The quantitative estimate of drug-likeness (QED) is 0.655. The summed E-state index contributed by atoms with van der Waals surface area (Å²) in [6.07, 6.45) is 0. The molecule has 0 aliphatic carbocycles. The van der Waals surface area contributed by atoms with E-state index in [4.69, 9.17) is 0 Å². The van der Waals surface area contributed by atoms with Crippen LogP contribution in [0.4, 0.5) is 0 Å². The van der Waals surface area contributed by atoms with E-state index in [9.17, 15) is 0 Å². The van der Waals surface area contributed by atoms with Crippen LogP contribution >= 0.6 is 12.4 Å². The third kappa shape index (κ3) is 1.37. The number of hydrogen-bond donors (Lipinski definition) is 1. The van der Waals surface area contributed by atoms with Crippen LogP contribution in [0.1, 0.15) is 24.4 Å². The molecule has 0 aromatic carbocycles. The minimum absolute atomic E-state index is 0. The van der Waals surface area contributed by atoms with Crippen LogP contribution in [0.25, 0.3) is 0 Å². The molecular formula is C9H15ClN2. The highest BCUT2D eigenvalue weighted by atomic mass is 35.5. The van der Waals surface area contributed by atoms with Crippen LogP contribution in [0.5, 0.6) is 0 Å². The van der Waals surface area contributed by atoms with Crippen molar-refractivity contribution in [2.45, 2.75) is 26.4 Å². The molecule has 1 unspecified atom stereocenters. The van der Waals surface area contributed by atoms with Crippen molar-refractivity contribution in [3.05, 3.63) is 23.5 Å². The van der Waals surface area contributed by atoms with Gasteiger partial charge in [0.15, 0.2) is 0 Å². The zero-order chi connectivity index (χ0) is 7.84. The van der Waals surface area contributed by atoms with Crippen LogP contribution in [0.15, 0.2) is 12.1 Å². The van der Waals surface area contributed by atoms with Crippen molar-refractivity contribution in [1.82, 2.24) is 9.88 Å². The van der Waals surface area contributed by atoms with Gasteiger partial charge in [-0.3, -0.25) is 0 Å². The predicted octanol–water partition coefficient (Wildman–Crippen LogP) is 1.88. The fraction of sp³-hybridized carbons (Fsp3) is 0.556. The largest absolute Gasteiger partial charge is 0.346 e. The molecule has 0 radical (unpaired) electrons. The van der Waals surface area contributed by atoms with Crippen molar-refractivity contribution in [2.24, 2.45) is 0 Å². The van der Waals surface area contributed by atoms with Crippen molar-refractivity contribution in [1.29, 1.82) is 0 Å². The zero-order valence-electron chi connectivity index (χ0n) is 7.50. The molecule has 1 aromatic rings. The van der Waals surface area contributed by atoms with Gasteiger partial charge >= 0.3 is 0 Å². The number of nitrogens with one attached hydrogen (secondary N) is 1. The van der Waals surface area contributed by atoms with E-state index >= 15 is 0 Å². The molecule has 3 heteroatoms. The Hall–Kier alpha value is -0.470. The summed E-state index contributed by atoms with van der Waals surface area (Å²) in [5.41, 5.74) is 2.81. The number of halogens is 1. The van der Waals surface area contributed by atoms with E-state index < -0.39 is 0 Å². The van der Waals surface area contributed by atoms with Gasteiger partial charge in [0.05, 0.1) is 0 Å². The van der Waals surface area contributed by atoms with Gasteiger partial charge in [-0.15, -0.1) is 12.4 Å². The molecule has 12 heavy (non-hydrogen) atoms. The van der Waals surface area contributed by atoms with Crippen LogP contribution in [-0.2, 0) is 6.54 Å². The molecule has 1 N–H and O–H groups in total. The number of nitrogens with zero attached hydrogens (tertiary/aromatic N) is 1. The van der Waals surface area contributed by atoms with Crippen molar-refractivity contribution >= 4 is 12.4 Å². The lowest BCUT2D eigenvalue weighted by Gasteiger charge is -2.24. The van der Waals surface area contributed by atoms with Gasteiger partial charge in [0, 0.05) is 30.5 Å². The molecule has 0 fully saturated rings. The van der Waals surface area contributed by atoms with Crippen molar-refractivity contribution in [2.75, 3.05) is 6.54 Å². The van der Waals surface area contributed by atoms with Gasteiger partial charge in [-0.25, -0.2) is 0 Å². The van der Waals surface area contributed by atoms with E-state index in [1.807, 2.05) is 0 Å². The van der Waals surface area contributed by atoms with Gasteiger partial charge in [-0.05, 0) is 26.0 Å². The normalized spacial score (nSPS) is 21.3. The lowest BCUT2D eigenvalue weighted by molar-refractivity contribution is 0.443. The van der Waals surface area contributed by atoms with Crippen molar-refractivity contribution < 1.29 is 0 Å². The Morgan fingerprint density at radius 1 is 1.50 bits per heavy atom. The fourth-order valence-electron chi connectivity index (χ4n) is 1.77. The third-order valence-electron chi connectivity index (χ3n) is 2.46. The lowest BCUT2D eigenvalue weighted by atomic mass is 10.2. The second-order valence-corrected chi connectivity index (χ2v) is 3.23. The Bertz CT molecular complexity index is 267. The first-order chi connectivity index (χ1) is 5.29. The molecular weight excluding hydrogens is 172 g/mol. The monoisotopic (exact) mass is 186 g/mol. The molecule has 2 rings (SSSR count). The van der Waals surface area contributed by atoms with E-state index in [1.54, 1.807) is 0 Å². The van der Waals surface area contributed by atoms with Gasteiger partial charge in [0.1, 0.15) is 0 Å². The standard InChI is InChI=1S/C9H14N2.ClH/c1-7-3-4-9-8(2)10-5-6-11(7)9;/h3-4,8,10H,5-6H2,1-2H3;1H. The average Bonchev–Trinajstić information content (AvgIpc) is 2.35. The lowest BCUT2D eigenvalue weighted by Crippen LogP contribution is -2.31. The predicted molar refractivity (Wildman–Crippen MR) is 52.8 cm³/mol. The Balaban J connectivity index is 0.000000720. The van der Waals surface area contributed by atoms with Gasteiger partial charge < -0.3 is 9.88 Å². The van der Waals surface area contributed by atoms with E-state index in [-0.39, 0.29) is 12.4 Å². The van der Waals surface area contributed by atoms with Gasteiger partial charge in [0.2, 0.25) is 0 Å². The smallest absolute Gasteiger partial charge is 0.0446 e. The summed E-state index contributed by atoms with van der Waals surface area (Å²) in [6.45, 7) is 6.61. The first-order valence-corrected chi connectivity index (χ1v) is 4.18. The molecule has 1 atom stereocenters. The highest BCUT2D eigenvalue weighted by molar-refractivity contribution is 5.85. The second-order valence-electron chi connectivity index (χ2n) is 3.23. The topological polar surface area (TPSA) is 17.0 Å². The maximum Gasteiger partial charge on any atom is 0.0446 e. The van der Waals surface area contributed by atoms with Crippen molar-refractivity contribution in [3.8, 4) is 0 Å². The van der Waals surface area contributed by atoms with Crippen LogP contribution in [0, 0.1) is 6.92 Å². The molecule has 68 valence electrons. The van der Waals surface area contributed by atoms with E-state index in [0.717, 1.165) is 13.1 Å². The summed E-state index contributed by atoms with van der Waals surface area (Å²) in [6, 6.07) is 4.93. The molecule has 1 aliphatic heterocycles. The SMILES string of the molecule is Cc1ccc2n1CCNC2C.Cl. The van der Waals surface area contributed by atoms with Crippen molar-refractivity contribution in [3.63, 3.8) is 0 Å². The minimum Gasteiger partial charge on any atom is -0.346 e. The Kier molecular flexibility index (Phi) is 2.80. The van der Waals surface area contributed by atoms with Crippen LogP contribution in [-0.4, -0.2) is 11.1 Å². The van der Waals surface area contributed by atoms with Crippen LogP contribution < -0.4 is 5.32 Å². The highest BCUT2D eigenvalue weighted by Gasteiger charge is 2.15. The van der Waals surface area contributed by atoms with Crippen LogP contribution in [0.2, 0.25) is 0 Å². The fourth-order valence-corrected chi connectivity index (χ4v) is 1.77. The molecule has 0 saturated heterocycles. The van der Waals surface area contributed by atoms with E-state index in [1.165, 1.54) is 11.4 Å². The molecule has 0 bridgehead atoms. The first-order valence-electron chi connectivity index (χ1n) is 4.18. The average molecular weight is 187 g/mol. The summed E-state index contributed by atoms with van der Waals surface area (Å²) < 4.78 is 2.39. The summed E-state index contributed by atoms with van der Waals surface area (Å²) >= 11 is 0. The number of aromatic nitrogens is 1. The second kappa shape index (κ2) is 3.50. The summed E-state index contributed by atoms with van der Waals surface area (Å²) in [7, 11) is 0. The minimum atomic E-state index is 0. The molecule has 2 heterocycles. The molecule has 1 aromatic heterocycles. The summed E-state index contributed by atoms with van der Waals surface area (Å²) in [4.78, 5) is 0. The first kappa shape index (κ1) is 9.62. The van der Waals surface area contributed by atoms with E-state index in [0.29, 0.717) is 6.04 Å². The number of rotatable bonds is 0. The Labute approximate surface area is 79.4 Å². The molecule has 0 amide bonds. The maximum absolute atomic E-state index is 3.43. The Morgan fingerprint density at radius 2 is 2.25 bits per heavy atom. The summed E-state index contributed by atoms with van der Waals surface area (Å²) in [5.74, 6) is 0. The Morgan fingerprint density at radius 3 is 2.92 bits per heavy atom. The molecule has 0 spiro atoms. The molecule has 0 saturated carbocycles.